The van der Waals surface area contributed by atoms with E-state index in [0.717, 1.165) is 33.5 Å². The first-order chi connectivity index (χ1) is 19.4. The molecular weight excluding hydrogens is 529 g/mol. The highest BCUT2D eigenvalue weighted by Gasteiger charge is 2.13. The summed E-state index contributed by atoms with van der Waals surface area (Å²) in [5, 5.41) is 18.2. The van der Waals surface area contributed by atoms with Crippen LogP contribution in [0, 0.1) is 12.7 Å². The lowest BCUT2D eigenvalue weighted by Crippen LogP contribution is -2.03. The fourth-order valence-corrected chi connectivity index (χ4v) is 4.36. The molecule has 2 heterocycles. The second-order valence-electron chi connectivity index (χ2n) is 9.04. The van der Waals surface area contributed by atoms with Gasteiger partial charge in [-0.15, -0.1) is 21.8 Å². The molecule has 202 valence electrons. The van der Waals surface area contributed by atoms with E-state index in [9.17, 15) is 0 Å². The Labute approximate surface area is 236 Å². The van der Waals surface area contributed by atoms with Crippen LogP contribution in [0.3, 0.4) is 0 Å². The molecule has 0 spiro atoms. The fourth-order valence-electron chi connectivity index (χ4n) is 4.28. The Morgan fingerprint density at radius 1 is 1.02 bits per heavy atom. The number of allylic oxidation sites excluding steroid dienone is 2. The van der Waals surface area contributed by atoms with Gasteiger partial charge in [0.1, 0.15) is 18.0 Å². The third-order valence-electron chi connectivity index (χ3n) is 6.14. The summed E-state index contributed by atoms with van der Waals surface area (Å²) in [4.78, 5) is 8.78. The summed E-state index contributed by atoms with van der Waals surface area (Å²) < 4.78 is 20.8. The molecule has 40 heavy (non-hydrogen) atoms. The molecule has 8 nitrogen and oxygen atoms in total. The van der Waals surface area contributed by atoms with Crippen LogP contribution in [0.15, 0.2) is 89.8 Å². The molecule has 0 aliphatic carbocycles. The first kappa shape index (κ1) is 26.8. The Morgan fingerprint density at radius 3 is 2.62 bits per heavy atom. The maximum absolute atomic E-state index is 15.3. The molecule has 0 amide bonds. The number of aryl methyl sites for hydroxylation is 1. The lowest BCUT2D eigenvalue weighted by molar-refractivity contribution is 0.532. The standard InChI is InChI=1S/C30H27ClFN7O/c1-18(6-5-11-31)36-28-15-23-26(16-27(28)33-3)34-17-35-29(23)37-25-10-9-21(14-24(25)32)12-20-7-4-8-22(13-20)30-39-38-19(2)40-30/h4-10,13-17,33,36H,1,11-12H2,2-3H3,(H,34,35,37)/b6-5+. The molecule has 5 aromatic rings. The zero-order chi connectivity index (χ0) is 28.1. The van der Waals surface area contributed by atoms with Crippen molar-refractivity contribution in [1.29, 1.82) is 0 Å². The van der Waals surface area contributed by atoms with Crippen molar-refractivity contribution in [3.63, 3.8) is 0 Å². The van der Waals surface area contributed by atoms with Crippen LogP contribution in [0.5, 0.6) is 0 Å². The maximum atomic E-state index is 15.3. The number of hydrogen-bond donors (Lipinski definition) is 3. The number of fused-ring (bicyclic) bond motifs is 1. The molecule has 0 saturated carbocycles. The zero-order valence-corrected chi connectivity index (χ0v) is 22.8. The van der Waals surface area contributed by atoms with Crippen LogP contribution in [0.2, 0.25) is 0 Å². The van der Waals surface area contributed by atoms with Gasteiger partial charge in [-0.3, -0.25) is 0 Å². The summed E-state index contributed by atoms with van der Waals surface area (Å²) >= 11 is 5.74. The molecule has 0 unspecified atom stereocenters. The van der Waals surface area contributed by atoms with Gasteiger partial charge in [0.05, 0.1) is 22.6 Å². The molecule has 0 atom stereocenters. The number of benzene rings is 3. The van der Waals surface area contributed by atoms with Crippen LogP contribution in [-0.4, -0.2) is 33.1 Å². The minimum atomic E-state index is -0.391. The highest BCUT2D eigenvalue weighted by molar-refractivity contribution is 6.18. The normalized spacial score (nSPS) is 11.2. The molecule has 0 aliphatic rings. The van der Waals surface area contributed by atoms with Gasteiger partial charge in [-0.25, -0.2) is 14.4 Å². The van der Waals surface area contributed by atoms with Gasteiger partial charge in [0.25, 0.3) is 0 Å². The molecule has 0 bridgehead atoms. The molecule has 0 radical (unpaired) electrons. The van der Waals surface area contributed by atoms with Crippen LogP contribution in [-0.2, 0) is 6.42 Å². The minimum Gasteiger partial charge on any atom is -0.421 e. The van der Waals surface area contributed by atoms with Gasteiger partial charge >= 0.3 is 0 Å². The molecule has 5 rings (SSSR count). The highest BCUT2D eigenvalue weighted by atomic mass is 35.5. The van der Waals surface area contributed by atoms with Gasteiger partial charge < -0.3 is 20.4 Å². The molecule has 3 aromatic carbocycles. The number of alkyl halides is 1. The van der Waals surface area contributed by atoms with Crippen molar-refractivity contribution in [3.05, 3.63) is 108 Å². The predicted octanol–water partition coefficient (Wildman–Crippen LogP) is 7.22. The molecule has 0 saturated heterocycles. The smallest absolute Gasteiger partial charge is 0.247 e. The summed E-state index contributed by atoms with van der Waals surface area (Å²) in [6.07, 6.45) is 5.59. The summed E-state index contributed by atoms with van der Waals surface area (Å²) in [6.45, 7) is 5.76. The van der Waals surface area contributed by atoms with Crippen LogP contribution < -0.4 is 16.0 Å². The van der Waals surface area contributed by atoms with Gasteiger partial charge in [0.15, 0.2) is 0 Å². The number of rotatable bonds is 10. The molecular formula is C30H27ClFN7O. The SMILES string of the molecule is C=C(/C=C/CCl)Nc1cc2c(Nc3ccc(Cc4cccc(-c5nnc(C)o5)c4)cc3F)ncnc2cc1NC. The summed E-state index contributed by atoms with van der Waals surface area (Å²) in [5.41, 5.74) is 5.91. The molecule has 0 aliphatic heterocycles. The number of nitrogens with zero attached hydrogens (tertiary/aromatic N) is 4. The van der Waals surface area contributed by atoms with E-state index in [1.54, 1.807) is 25.1 Å². The van der Waals surface area contributed by atoms with E-state index in [2.05, 4.69) is 42.7 Å². The number of nitrogens with one attached hydrogen (secondary N) is 3. The number of aromatic nitrogens is 4. The third-order valence-corrected chi connectivity index (χ3v) is 6.32. The largest absolute Gasteiger partial charge is 0.421 e. The highest BCUT2D eigenvalue weighted by Crippen LogP contribution is 2.33. The summed E-state index contributed by atoms with van der Waals surface area (Å²) in [6, 6.07) is 16.7. The Kier molecular flexibility index (Phi) is 8.02. The van der Waals surface area contributed by atoms with Gasteiger partial charge in [-0.05, 0) is 60.0 Å². The minimum absolute atomic E-state index is 0.306. The second-order valence-corrected chi connectivity index (χ2v) is 9.35. The van der Waals surface area contributed by atoms with E-state index in [4.69, 9.17) is 16.0 Å². The van der Waals surface area contributed by atoms with Crippen molar-refractivity contribution < 1.29 is 8.81 Å². The van der Waals surface area contributed by atoms with Crippen LogP contribution in [0.1, 0.15) is 17.0 Å². The molecule has 2 aromatic heterocycles. The molecule has 0 fully saturated rings. The maximum Gasteiger partial charge on any atom is 0.247 e. The second kappa shape index (κ2) is 12.0. The van der Waals surface area contributed by atoms with Crippen molar-refractivity contribution in [3.8, 4) is 11.5 Å². The van der Waals surface area contributed by atoms with Crippen molar-refractivity contribution in [2.24, 2.45) is 0 Å². The van der Waals surface area contributed by atoms with Gasteiger partial charge in [-0.1, -0.05) is 30.9 Å². The van der Waals surface area contributed by atoms with Crippen LogP contribution in [0.4, 0.5) is 27.3 Å². The predicted molar refractivity (Wildman–Crippen MR) is 159 cm³/mol. The summed E-state index contributed by atoms with van der Waals surface area (Å²) in [5.74, 6) is 1.43. The first-order valence-electron chi connectivity index (χ1n) is 12.5. The van der Waals surface area contributed by atoms with Gasteiger partial charge in [0.2, 0.25) is 11.8 Å². The van der Waals surface area contributed by atoms with Gasteiger partial charge in [-0.2, -0.15) is 0 Å². The Hall–Kier alpha value is -4.76. The zero-order valence-electron chi connectivity index (χ0n) is 22.0. The topological polar surface area (TPSA) is 101 Å². The monoisotopic (exact) mass is 555 g/mol. The van der Waals surface area contributed by atoms with Crippen molar-refractivity contribution in [1.82, 2.24) is 20.2 Å². The van der Waals surface area contributed by atoms with Crippen LogP contribution in [0.25, 0.3) is 22.4 Å². The molecule has 10 heteroatoms. The third kappa shape index (κ3) is 6.10. The Bertz CT molecular complexity index is 1720. The summed E-state index contributed by atoms with van der Waals surface area (Å²) in [7, 11) is 1.82. The molecule has 3 N–H and O–H groups in total. The van der Waals surface area contributed by atoms with E-state index >= 15 is 4.39 Å². The number of hydrogen-bond acceptors (Lipinski definition) is 8. The van der Waals surface area contributed by atoms with Crippen molar-refractivity contribution in [2.75, 3.05) is 28.9 Å². The first-order valence-corrected chi connectivity index (χ1v) is 13.1. The number of anilines is 4. The fraction of sp³-hybridized carbons (Fsp3) is 0.133. The van der Waals surface area contributed by atoms with Crippen LogP contribution >= 0.6 is 11.6 Å². The lowest BCUT2D eigenvalue weighted by Gasteiger charge is -2.15. The average Bonchev–Trinajstić information content (AvgIpc) is 3.39. The van der Waals surface area contributed by atoms with Crippen molar-refractivity contribution in [2.45, 2.75) is 13.3 Å². The van der Waals surface area contributed by atoms with E-state index in [0.29, 0.717) is 46.8 Å². The van der Waals surface area contributed by atoms with E-state index in [1.807, 2.05) is 49.5 Å². The lowest BCUT2D eigenvalue weighted by atomic mass is 10.0. The van der Waals surface area contributed by atoms with Crippen molar-refractivity contribution >= 4 is 45.4 Å². The van der Waals surface area contributed by atoms with E-state index < -0.39 is 5.82 Å². The van der Waals surface area contributed by atoms with Gasteiger partial charge in [0, 0.05) is 36.5 Å². The average molecular weight is 556 g/mol. The quantitative estimate of drug-likeness (QED) is 0.123. The Balaban J connectivity index is 1.38. The van der Waals surface area contributed by atoms with E-state index in [1.165, 1.54) is 12.4 Å². The Morgan fingerprint density at radius 2 is 1.88 bits per heavy atom. The number of halogens is 2. The van der Waals surface area contributed by atoms with E-state index in [-0.39, 0.29) is 0 Å².